The van der Waals surface area contributed by atoms with Gasteiger partial charge in [0.2, 0.25) is 5.91 Å². The van der Waals surface area contributed by atoms with Gasteiger partial charge >= 0.3 is 5.97 Å². The highest BCUT2D eigenvalue weighted by Crippen LogP contribution is 2.28. The normalized spacial score (nSPS) is 11.0. The van der Waals surface area contributed by atoms with Crippen LogP contribution in [0.15, 0.2) is 42.5 Å². The van der Waals surface area contributed by atoms with E-state index in [-0.39, 0.29) is 35.6 Å². The third-order valence-electron chi connectivity index (χ3n) is 4.11. The number of aromatic hydroxyl groups is 1. The van der Waals surface area contributed by atoms with Crippen molar-refractivity contribution in [2.45, 2.75) is 39.0 Å². The molecule has 0 spiro atoms. The van der Waals surface area contributed by atoms with E-state index in [0.717, 1.165) is 5.56 Å². The van der Waals surface area contributed by atoms with Crippen LogP contribution in [0.3, 0.4) is 0 Å². The number of benzene rings is 2. The van der Waals surface area contributed by atoms with Gasteiger partial charge in [0.05, 0.1) is 12.1 Å². The molecule has 0 heterocycles. The fraction of sp³-hybridized carbons (Fsp3) is 0.286. The number of nitrogens with one attached hydrogen (secondary N) is 2. The van der Waals surface area contributed by atoms with E-state index in [2.05, 4.69) is 31.4 Å². The maximum atomic E-state index is 12.4. The predicted octanol–water partition coefficient (Wildman–Crippen LogP) is 3.75. The van der Waals surface area contributed by atoms with Crippen LogP contribution in [-0.4, -0.2) is 28.0 Å². The van der Waals surface area contributed by atoms with Gasteiger partial charge in [-0.3, -0.25) is 14.4 Å². The summed E-state index contributed by atoms with van der Waals surface area (Å²) in [4.78, 5) is 34.5. The van der Waals surface area contributed by atoms with Crippen molar-refractivity contribution in [3.8, 4) is 5.75 Å². The molecule has 0 saturated carbocycles. The zero-order valence-electron chi connectivity index (χ0n) is 16.1. The van der Waals surface area contributed by atoms with Crippen molar-refractivity contribution in [3.05, 3.63) is 53.6 Å². The fourth-order valence-corrected chi connectivity index (χ4v) is 2.48. The van der Waals surface area contributed by atoms with Gasteiger partial charge in [-0.1, -0.05) is 32.9 Å². The van der Waals surface area contributed by atoms with E-state index >= 15 is 0 Å². The molecule has 2 aromatic rings. The van der Waals surface area contributed by atoms with Gasteiger partial charge in [0.25, 0.3) is 5.91 Å². The summed E-state index contributed by atoms with van der Waals surface area (Å²) in [7, 11) is 0. The Balaban J connectivity index is 2.03. The van der Waals surface area contributed by atoms with Gasteiger partial charge in [-0.05, 0) is 35.2 Å². The number of aliphatic carboxylic acids is 1. The zero-order valence-corrected chi connectivity index (χ0v) is 16.1. The summed E-state index contributed by atoms with van der Waals surface area (Å²) in [6.45, 7) is 6.26. The van der Waals surface area contributed by atoms with E-state index in [1.165, 1.54) is 18.2 Å². The molecule has 0 radical (unpaired) electrons. The zero-order chi connectivity index (χ0) is 20.9. The van der Waals surface area contributed by atoms with Gasteiger partial charge < -0.3 is 20.8 Å². The number of phenolic OH excluding ortho intramolecular Hbond substituents is 1. The summed E-state index contributed by atoms with van der Waals surface area (Å²) in [5.74, 6) is -2.12. The molecule has 0 aliphatic heterocycles. The van der Waals surface area contributed by atoms with E-state index < -0.39 is 11.9 Å². The average molecular weight is 384 g/mol. The highest BCUT2D eigenvalue weighted by molar-refractivity contribution is 6.05. The number of hydrogen-bond acceptors (Lipinski definition) is 4. The van der Waals surface area contributed by atoms with Gasteiger partial charge in [-0.25, -0.2) is 0 Å². The second kappa shape index (κ2) is 8.56. The summed E-state index contributed by atoms with van der Waals surface area (Å²) < 4.78 is 0. The molecule has 0 atom stereocenters. The van der Waals surface area contributed by atoms with Crippen LogP contribution in [0.5, 0.6) is 5.75 Å². The van der Waals surface area contributed by atoms with Crippen LogP contribution in [0.4, 0.5) is 11.4 Å². The van der Waals surface area contributed by atoms with Crippen LogP contribution < -0.4 is 10.6 Å². The average Bonchev–Trinajstić information content (AvgIpc) is 2.61. The molecule has 0 aliphatic carbocycles. The molecule has 0 aromatic heterocycles. The maximum absolute atomic E-state index is 12.4. The van der Waals surface area contributed by atoms with Crippen molar-refractivity contribution in [1.29, 1.82) is 0 Å². The molecule has 0 saturated heterocycles. The number of carboxylic acid groups (broad SMARTS) is 1. The van der Waals surface area contributed by atoms with E-state index in [1.807, 2.05) is 12.1 Å². The fourth-order valence-electron chi connectivity index (χ4n) is 2.48. The maximum Gasteiger partial charge on any atom is 0.303 e. The molecule has 148 valence electrons. The number of phenols is 1. The van der Waals surface area contributed by atoms with Gasteiger partial charge in [-0.2, -0.15) is 0 Å². The molecule has 2 amide bonds. The first kappa shape index (κ1) is 21.0. The summed E-state index contributed by atoms with van der Waals surface area (Å²) in [5, 5.41) is 23.8. The Morgan fingerprint density at radius 2 is 1.57 bits per heavy atom. The largest absolute Gasteiger partial charge is 0.506 e. The van der Waals surface area contributed by atoms with Gasteiger partial charge in [0.15, 0.2) is 0 Å². The third-order valence-corrected chi connectivity index (χ3v) is 4.11. The molecule has 0 bridgehead atoms. The van der Waals surface area contributed by atoms with Crippen LogP contribution in [0.1, 0.15) is 49.5 Å². The SMILES string of the molecule is CC(C)(C)c1ccc(C(=O)Nc2ccc(NC(=O)CCC(=O)O)cc2O)cc1. The van der Waals surface area contributed by atoms with E-state index in [9.17, 15) is 19.5 Å². The first-order valence-corrected chi connectivity index (χ1v) is 8.83. The molecule has 0 aliphatic rings. The van der Waals surface area contributed by atoms with Crippen molar-refractivity contribution in [1.82, 2.24) is 0 Å². The predicted molar refractivity (Wildman–Crippen MR) is 107 cm³/mol. The topological polar surface area (TPSA) is 116 Å². The number of anilines is 2. The van der Waals surface area contributed by atoms with Crippen molar-refractivity contribution in [2.24, 2.45) is 0 Å². The van der Waals surface area contributed by atoms with E-state index in [4.69, 9.17) is 5.11 Å². The van der Waals surface area contributed by atoms with Crippen LogP contribution in [-0.2, 0) is 15.0 Å². The number of carbonyl (C=O) groups excluding carboxylic acids is 2. The monoisotopic (exact) mass is 384 g/mol. The van der Waals surface area contributed by atoms with Crippen LogP contribution in [0.2, 0.25) is 0 Å². The lowest BCUT2D eigenvalue weighted by Crippen LogP contribution is -2.15. The summed E-state index contributed by atoms with van der Waals surface area (Å²) in [6.07, 6.45) is -0.445. The Kier molecular flexibility index (Phi) is 6.41. The van der Waals surface area contributed by atoms with Gasteiger partial charge in [-0.15, -0.1) is 0 Å². The number of carboxylic acids is 1. The highest BCUT2D eigenvalue weighted by Gasteiger charge is 2.15. The molecule has 7 heteroatoms. The standard InChI is InChI=1S/C21H24N2O5/c1-21(2,3)14-6-4-13(5-7-14)20(28)23-16-9-8-15(12-17(16)24)22-18(25)10-11-19(26)27/h4-9,12,24H,10-11H2,1-3H3,(H,22,25)(H,23,28)(H,26,27). The van der Waals surface area contributed by atoms with Crippen LogP contribution in [0.25, 0.3) is 0 Å². The first-order valence-electron chi connectivity index (χ1n) is 8.83. The molecule has 0 fully saturated rings. The molecule has 28 heavy (non-hydrogen) atoms. The Labute approximate surface area is 163 Å². The van der Waals surface area contributed by atoms with Crippen molar-refractivity contribution < 1.29 is 24.6 Å². The quantitative estimate of drug-likeness (QED) is 0.566. The van der Waals surface area contributed by atoms with Gasteiger partial charge in [0.1, 0.15) is 5.75 Å². The second-order valence-electron chi connectivity index (χ2n) is 7.46. The van der Waals surface area contributed by atoms with E-state index in [1.54, 1.807) is 12.1 Å². The van der Waals surface area contributed by atoms with E-state index in [0.29, 0.717) is 11.3 Å². The first-order chi connectivity index (χ1) is 13.1. The Hall–Kier alpha value is -3.35. The van der Waals surface area contributed by atoms with Crippen LogP contribution in [0, 0.1) is 0 Å². The highest BCUT2D eigenvalue weighted by atomic mass is 16.4. The smallest absolute Gasteiger partial charge is 0.303 e. The van der Waals surface area contributed by atoms with Crippen LogP contribution >= 0.6 is 0 Å². The Morgan fingerprint density at radius 3 is 2.11 bits per heavy atom. The molecule has 4 N–H and O–H groups in total. The molecule has 2 rings (SSSR count). The number of amides is 2. The van der Waals surface area contributed by atoms with Crippen molar-refractivity contribution in [3.63, 3.8) is 0 Å². The lowest BCUT2D eigenvalue weighted by Gasteiger charge is -2.19. The molecular formula is C21H24N2O5. The minimum absolute atomic E-state index is 0.0159. The number of carbonyl (C=O) groups is 3. The lowest BCUT2D eigenvalue weighted by atomic mass is 9.87. The number of rotatable bonds is 6. The number of hydrogen-bond donors (Lipinski definition) is 4. The lowest BCUT2D eigenvalue weighted by molar-refractivity contribution is -0.138. The molecule has 0 unspecified atom stereocenters. The molecule has 2 aromatic carbocycles. The Morgan fingerprint density at radius 1 is 0.929 bits per heavy atom. The second-order valence-corrected chi connectivity index (χ2v) is 7.46. The Bertz CT molecular complexity index is 883. The molecule has 7 nitrogen and oxygen atoms in total. The molecular weight excluding hydrogens is 360 g/mol. The third kappa shape index (κ3) is 5.84. The minimum atomic E-state index is -1.06. The summed E-state index contributed by atoms with van der Waals surface area (Å²) >= 11 is 0. The van der Waals surface area contributed by atoms with Crippen molar-refractivity contribution in [2.75, 3.05) is 10.6 Å². The summed E-state index contributed by atoms with van der Waals surface area (Å²) in [6, 6.07) is 11.5. The summed E-state index contributed by atoms with van der Waals surface area (Å²) in [5.41, 5.74) is 2.06. The minimum Gasteiger partial charge on any atom is -0.506 e. The van der Waals surface area contributed by atoms with Crippen molar-refractivity contribution >= 4 is 29.2 Å². The van der Waals surface area contributed by atoms with Gasteiger partial charge in [0, 0.05) is 23.7 Å².